The number of hydrogen-bond donors (Lipinski definition) is 2. The minimum absolute atomic E-state index is 0.785. The Hall–Kier alpha value is -0.900. The minimum Gasteiger partial charge on any atom is -0.383 e. The van der Waals surface area contributed by atoms with Crippen molar-refractivity contribution in [2.45, 2.75) is 19.8 Å². The van der Waals surface area contributed by atoms with Gasteiger partial charge in [0.15, 0.2) is 0 Å². The molecule has 102 valence electrons. The van der Waals surface area contributed by atoms with Gasteiger partial charge in [-0.05, 0) is 37.4 Å². The Morgan fingerprint density at radius 3 is 2.44 bits per heavy atom. The molecule has 3 nitrogen and oxygen atoms in total. The van der Waals surface area contributed by atoms with Crippen LogP contribution in [0.25, 0.3) is 0 Å². The fourth-order valence-electron chi connectivity index (χ4n) is 1.90. The first-order valence-corrected chi connectivity index (χ1v) is 6.79. The number of aryl methyl sites for hydroxylation is 2. The molecule has 1 rings (SSSR count). The lowest BCUT2D eigenvalue weighted by Gasteiger charge is -2.07. The summed E-state index contributed by atoms with van der Waals surface area (Å²) in [6.07, 6.45) is 2.36. The minimum atomic E-state index is 0.785. The molecule has 3 heteroatoms. The van der Waals surface area contributed by atoms with Crippen LogP contribution < -0.4 is 10.6 Å². The van der Waals surface area contributed by atoms with Gasteiger partial charge in [-0.1, -0.05) is 24.3 Å². The second-order valence-corrected chi connectivity index (χ2v) is 4.52. The highest BCUT2D eigenvalue weighted by Crippen LogP contribution is 2.08. The summed E-state index contributed by atoms with van der Waals surface area (Å²) >= 11 is 0. The highest BCUT2D eigenvalue weighted by atomic mass is 16.5. The van der Waals surface area contributed by atoms with E-state index >= 15 is 0 Å². The number of hydrogen-bond acceptors (Lipinski definition) is 3. The lowest BCUT2D eigenvalue weighted by atomic mass is 10.0. The molecule has 0 aromatic heterocycles. The molecular formula is C15H26N2O. The summed E-state index contributed by atoms with van der Waals surface area (Å²) in [5.41, 5.74) is 2.87. The van der Waals surface area contributed by atoms with Crippen LogP contribution in [0.3, 0.4) is 0 Å². The third kappa shape index (κ3) is 6.74. The zero-order chi connectivity index (χ0) is 13.1. The number of nitrogens with one attached hydrogen (secondary N) is 2. The molecule has 0 heterocycles. The number of ether oxygens (including phenoxy) is 1. The Bertz CT molecular complexity index is 315. The van der Waals surface area contributed by atoms with Gasteiger partial charge in [0.2, 0.25) is 0 Å². The van der Waals surface area contributed by atoms with Crippen molar-refractivity contribution < 1.29 is 4.74 Å². The molecule has 0 saturated carbocycles. The Labute approximate surface area is 111 Å². The van der Waals surface area contributed by atoms with Crippen molar-refractivity contribution in [3.8, 4) is 0 Å². The van der Waals surface area contributed by atoms with Gasteiger partial charge in [-0.2, -0.15) is 0 Å². The standard InChI is InChI=1S/C15H26N2O/c1-14-6-3-4-7-15(14)8-5-9-16-10-11-17-12-13-18-2/h3-4,6-7,16-17H,5,8-13H2,1-2H3. The first kappa shape index (κ1) is 15.2. The topological polar surface area (TPSA) is 33.3 Å². The van der Waals surface area contributed by atoms with Gasteiger partial charge in [0, 0.05) is 26.7 Å². The Morgan fingerprint density at radius 2 is 1.72 bits per heavy atom. The smallest absolute Gasteiger partial charge is 0.0587 e. The lowest BCUT2D eigenvalue weighted by Crippen LogP contribution is -2.30. The van der Waals surface area contributed by atoms with E-state index in [4.69, 9.17) is 4.74 Å². The van der Waals surface area contributed by atoms with Crippen molar-refractivity contribution >= 4 is 0 Å². The van der Waals surface area contributed by atoms with Gasteiger partial charge in [-0.15, -0.1) is 0 Å². The first-order chi connectivity index (χ1) is 8.84. The summed E-state index contributed by atoms with van der Waals surface area (Å²) in [5.74, 6) is 0. The summed E-state index contributed by atoms with van der Waals surface area (Å²) in [6.45, 7) is 7.02. The SMILES string of the molecule is COCCNCCNCCCc1ccccc1C. The molecule has 0 aliphatic carbocycles. The van der Waals surface area contributed by atoms with Crippen LogP contribution in [0.2, 0.25) is 0 Å². The quantitative estimate of drug-likeness (QED) is 0.621. The molecular weight excluding hydrogens is 224 g/mol. The van der Waals surface area contributed by atoms with E-state index < -0.39 is 0 Å². The third-order valence-corrected chi connectivity index (χ3v) is 3.02. The lowest BCUT2D eigenvalue weighted by molar-refractivity contribution is 0.199. The van der Waals surface area contributed by atoms with Gasteiger partial charge in [-0.25, -0.2) is 0 Å². The van der Waals surface area contributed by atoms with E-state index in [-0.39, 0.29) is 0 Å². The predicted octanol–water partition coefficient (Wildman–Crippen LogP) is 1.75. The zero-order valence-electron chi connectivity index (χ0n) is 11.7. The van der Waals surface area contributed by atoms with Crippen molar-refractivity contribution in [3.63, 3.8) is 0 Å². The maximum atomic E-state index is 4.96. The van der Waals surface area contributed by atoms with Crippen molar-refractivity contribution in [2.75, 3.05) is 39.9 Å². The van der Waals surface area contributed by atoms with E-state index in [0.717, 1.165) is 39.2 Å². The van der Waals surface area contributed by atoms with Crippen LogP contribution >= 0.6 is 0 Å². The maximum Gasteiger partial charge on any atom is 0.0587 e. The van der Waals surface area contributed by atoms with Crippen molar-refractivity contribution in [2.24, 2.45) is 0 Å². The van der Waals surface area contributed by atoms with Crippen LogP contribution in [-0.2, 0) is 11.2 Å². The van der Waals surface area contributed by atoms with E-state index in [0.29, 0.717) is 0 Å². The van der Waals surface area contributed by atoms with E-state index in [9.17, 15) is 0 Å². The molecule has 0 unspecified atom stereocenters. The van der Waals surface area contributed by atoms with Crippen LogP contribution in [0.1, 0.15) is 17.5 Å². The number of methoxy groups -OCH3 is 1. The fraction of sp³-hybridized carbons (Fsp3) is 0.600. The van der Waals surface area contributed by atoms with Crippen LogP contribution in [0, 0.1) is 6.92 Å². The maximum absolute atomic E-state index is 4.96. The molecule has 0 amide bonds. The van der Waals surface area contributed by atoms with Gasteiger partial charge >= 0.3 is 0 Å². The van der Waals surface area contributed by atoms with E-state index in [1.54, 1.807) is 7.11 Å². The van der Waals surface area contributed by atoms with Crippen molar-refractivity contribution in [1.82, 2.24) is 10.6 Å². The number of rotatable bonds is 10. The second kappa shape index (κ2) is 10.1. The summed E-state index contributed by atoms with van der Waals surface area (Å²) in [7, 11) is 1.73. The van der Waals surface area contributed by atoms with Gasteiger partial charge in [0.1, 0.15) is 0 Å². The largest absolute Gasteiger partial charge is 0.383 e. The molecule has 0 aliphatic rings. The molecule has 0 spiro atoms. The molecule has 0 saturated heterocycles. The molecule has 1 aromatic rings. The van der Waals surface area contributed by atoms with Crippen molar-refractivity contribution in [1.29, 1.82) is 0 Å². The monoisotopic (exact) mass is 250 g/mol. The van der Waals surface area contributed by atoms with Gasteiger partial charge in [-0.3, -0.25) is 0 Å². The summed E-state index contributed by atoms with van der Waals surface area (Å²) < 4.78 is 4.96. The van der Waals surface area contributed by atoms with Crippen LogP contribution in [0.5, 0.6) is 0 Å². The fourth-order valence-corrected chi connectivity index (χ4v) is 1.90. The van der Waals surface area contributed by atoms with Gasteiger partial charge in [0.25, 0.3) is 0 Å². The molecule has 0 fully saturated rings. The van der Waals surface area contributed by atoms with Crippen LogP contribution in [0.15, 0.2) is 24.3 Å². The normalized spacial score (nSPS) is 10.8. The molecule has 0 bridgehead atoms. The Kier molecular flexibility index (Phi) is 8.47. The predicted molar refractivity (Wildman–Crippen MR) is 77.1 cm³/mol. The van der Waals surface area contributed by atoms with E-state index in [2.05, 4.69) is 41.8 Å². The Balaban J connectivity index is 1.94. The Morgan fingerprint density at radius 1 is 1.00 bits per heavy atom. The average Bonchev–Trinajstić information content (AvgIpc) is 2.39. The summed E-state index contributed by atoms with van der Waals surface area (Å²) in [5, 5.41) is 6.77. The second-order valence-electron chi connectivity index (χ2n) is 4.52. The molecule has 0 atom stereocenters. The van der Waals surface area contributed by atoms with Gasteiger partial charge in [0.05, 0.1) is 6.61 Å². The third-order valence-electron chi connectivity index (χ3n) is 3.02. The molecule has 18 heavy (non-hydrogen) atoms. The molecule has 2 N–H and O–H groups in total. The molecule has 1 aromatic carbocycles. The summed E-state index contributed by atoms with van der Waals surface area (Å²) in [4.78, 5) is 0. The van der Waals surface area contributed by atoms with Crippen LogP contribution in [0.4, 0.5) is 0 Å². The highest BCUT2D eigenvalue weighted by molar-refractivity contribution is 5.25. The van der Waals surface area contributed by atoms with E-state index in [1.165, 1.54) is 17.5 Å². The average molecular weight is 250 g/mol. The van der Waals surface area contributed by atoms with E-state index in [1.807, 2.05) is 0 Å². The summed E-state index contributed by atoms with van der Waals surface area (Å²) in [6, 6.07) is 8.63. The first-order valence-electron chi connectivity index (χ1n) is 6.79. The zero-order valence-corrected chi connectivity index (χ0v) is 11.7. The molecule has 0 aliphatic heterocycles. The number of benzene rings is 1. The van der Waals surface area contributed by atoms with Gasteiger partial charge < -0.3 is 15.4 Å². The van der Waals surface area contributed by atoms with Crippen molar-refractivity contribution in [3.05, 3.63) is 35.4 Å². The van der Waals surface area contributed by atoms with Crippen LogP contribution in [-0.4, -0.2) is 39.9 Å². The molecule has 0 radical (unpaired) electrons. The highest BCUT2D eigenvalue weighted by Gasteiger charge is 1.96.